The van der Waals surface area contributed by atoms with Gasteiger partial charge in [0.15, 0.2) is 0 Å². The number of nitrogens with zero attached hydrogens (tertiary/aromatic N) is 3. The number of nitrogens with two attached hydrogens (primary N) is 1. The van der Waals surface area contributed by atoms with Crippen LogP contribution in [0.5, 0.6) is 11.5 Å². The second-order valence-electron chi connectivity index (χ2n) is 5.05. The van der Waals surface area contributed by atoms with E-state index in [0.717, 1.165) is 11.1 Å². The fourth-order valence-corrected chi connectivity index (χ4v) is 2.29. The van der Waals surface area contributed by atoms with E-state index in [2.05, 4.69) is 10.1 Å². The summed E-state index contributed by atoms with van der Waals surface area (Å²) in [4.78, 5) is 4.37. The minimum absolute atomic E-state index is 0.294. The lowest BCUT2D eigenvalue weighted by atomic mass is 10.1. The molecule has 0 spiro atoms. The average Bonchev–Trinajstić information content (AvgIpc) is 3.01. The van der Waals surface area contributed by atoms with Gasteiger partial charge in [0.05, 0.1) is 32.3 Å². The van der Waals surface area contributed by atoms with E-state index in [1.54, 1.807) is 26.6 Å². The summed E-state index contributed by atoms with van der Waals surface area (Å²) < 4.78 is 12.2. The van der Waals surface area contributed by atoms with Crippen molar-refractivity contribution in [1.82, 2.24) is 9.66 Å². The Hall–Kier alpha value is -3.28. The molecule has 0 radical (unpaired) electrons. The van der Waals surface area contributed by atoms with Crippen molar-refractivity contribution in [2.45, 2.75) is 0 Å². The highest BCUT2D eigenvalue weighted by Crippen LogP contribution is 2.33. The molecule has 0 fully saturated rings. The van der Waals surface area contributed by atoms with E-state index < -0.39 is 0 Å². The molecule has 0 bridgehead atoms. The number of hydrogen-bond acceptors (Lipinski definition) is 5. The normalized spacial score (nSPS) is 10.9. The van der Waals surface area contributed by atoms with Crippen molar-refractivity contribution in [1.29, 1.82) is 0 Å². The maximum Gasteiger partial charge on any atom is 0.221 e. The second kappa shape index (κ2) is 6.87. The number of imidazole rings is 1. The van der Waals surface area contributed by atoms with Crippen LogP contribution in [-0.2, 0) is 0 Å². The van der Waals surface area contributed by atoms with Crippen molar-refractivity contribution in [3.63, 3.8) is 0 Å². The number of nitrogen functional groups attached to an aromatic ring is 1. The Morgan fingerprint density at radius 2 is 1.88 bits per heavy atom. The first-order chi connectivity index (χ1) is 11.7. The molecular weight excluding hydrogens is 304 g/mol. The van der Waals surface area contributed by atoms with Crippen LogP contribution in [0.3, 0.4) is 0 Å². The van der Waals surface area contributed by atoms with Gasteiger partial charge in [-0.1, -0.05) is 30.3 Å². The Labute approximate surface area is 140 Å². The first kappa shape index (κ1) is 15.6. The molecule has 2 N–H and O–H groups in total. The monoisotopic (exact) mass is 322 g/mol. The molecule has 0 atom stereocenters. The molecule has 1 aromatic heterocycles. The summed E-state index contributed by atoms with van der Waals surface area (Å²) in [5.74, 6) is 1.70. The number of aromatic nitrogens is 2. The smallest absolute Gasteiger partial charge is 0.221 e. The first-order valence-corrected chi connectivity index (χ1v) is 7.38. The number of anilines is 1. The Kier molecular flexibility index (Phi) is 4.47. The van der Waals surface area contributed by atoms with Gasteiger partial charge in [-0.3, -0.25) is 0 Å². The standard InChI is InChI=1S/C18H18N4O2/c1-23-14-8-9-17(24-2)15(10-14)16-12-22(18(19)21-16)20-11-13-6-4-3-5-7-13/h3-12H,1-2H3,(H2,19,21)/b20-11+. The predicted octanol–water partition coefficient (Wildman–Crippen LogP) is 3.03. The molecule has 0 amide bonds. The van der Waals surface area contributed by atoms with Gasteiger partial charge < -0.3 is 15.2 Å². The largest absolute Gasteiger partial charge is 0.497 e. The number of benzene rings is 2. The number of hydrogen-bond donors (Lipinski definition) is 1. The molecular formula is C18H18N4O2. The zero-order chi connectivity index (χ0) is 16.9. The zero-order valence-corrected chi connectivity index (χ0v) is 13.5. The van der Waals surface area contributed by atoms with E-state index >= 15 is 0 Å². The lowest BCUT2D eigenvalue weighted by molar-refractivity contribution is 0.404. The lowest BCUT2D eigenvalue weighted by Crippen LogP contribution is -1.96. The van der Waals surface area contributed by atoms with Crippen LogP contribution in [-0.4, -0.2) is 30.1 Å². The quantitative estimate of drug-likeness (QED) is 0.733. The van der Waals surface area contributed by atoms with E-state index in [-0.39, 0.29) is 0 Å². The third-order valence-corrected chi connectivity index (χ3v) is 3.53. The van der Waals surface area contributed by atoms with Gasteiger partial charge >= 0.3 is 0 Å². The van der Waals surface area contributed by atoms with Crippen LogP contribution in [0.15, 0.2) is 59.8 Å². The molecule has 3 rings (SSSR count). The Bertz CT molecular complexity index is 857. The van der Waals surface area contributed by atoms with E-state index in [9.17, 15) is 0 Å². The van der Waals surface area contributed by atoms with Crippen molar-refractivity contribution >= 4 is 12.2 Å². The number of rotatable bonds is 5. The fourth-order valence-electron chi connectivity index (χ4n) is 2.29. The zero-order valence-electron chi connectivity index (χ0n) is 13.5. The van der Waals surface area contributed by atoms with Crippen molar-refractivity contribution in [3.8, 4) is 22.8 Å². The summed E-state index contributed by atoms with van der Waals surface area (Å²) in [6.07, 6.45) is 3.48. The highest BCUT2D eigenvalue weighted by Gasteiger charge is 2.12. The Morgan fingerprint density at radius 3 is 2.58 bits per heavy atom. The van der Waals surface area contributed by atoms with Gasteiger partial charge in [0, 0.05) is 5.56 Å². The summed E-state index contributed by atoms with van der Waals surface area (Å²) in [7, 11) is 3.22. The molecule has 0 saturated heterocycles. The maximum absolute atomic E-state index is 5.97. The summed E-state index contributed by atoms with van der Waals surface area (Å²) >= 11 is 0. The number of methoxy groups -OCH3 is 2. The summed E-state index contributed by atoms with van der Waals surface area (Å²) in [5, 5.41) is 4.35. The summed E-state index contributed by atoms with van der Waals surface area (Å²) in [6.45, 7) is 0. The second-order valence-corrected chi connectivity index (χ2v) is 5.05. The summed E-state index contributed by atoms with van der Waals surface area (Å²) in [5.41, 5.74) is 8.40. The molecule has 122 valence electrons. The van der Waals surface area contributed by atoms with E-state index in [4.69, 9.17) is 15.2 Å². The predicted molar refractivity (Wildman–Crippen MR) is 94.6 cm³/mol. The minimum atomic E-state index is 0.294. The summed E-state index contributed by atoms with van der Waals surface area (Å²) in [6, 6.07) is 15.3. The number of ether oxygens (including phenoxy) is 2. The van der Waals surface area contributed by atoms with Crippen molar-refractivity contribution in [2.75, 3.05) is 20.0 Å². The van der Waals surface area contributed by atoms with Gasteiger partial charge in [-0.2, -0.15) is 5.10 Å². The van der Waals surface area contributed by atoms with Crippen LogP contribution in [0.4, 0.5) is 5.95 Å². The van der Waals surface area contributed by atoms with Crippen molar-refractivity contribution < 1.29 is 9.47 Å². The molecule has 0 aliphatic rings. The van der Waals surface area contributed by atoms with E-state index in [1.165, 1.54) is 4.68 Å². The first-order valence-electron chi connectivity index (χ1n) is 7.38. The molecule has 0 aliphatic carbocycles. The highest BCUT2D eigenvalue weighted by atomic mass is 16.5. The van der Waals surface area contributed by atoms with Gasteiger partial charge in [0.2, 0.25) is 5.95 Å². The molecule has 0 aliphatic heterocycles. The van der Waals surface area contributed by atoms with Gasteiger partial charge in [-0.05, 0) is 23.8 Å². The fraction of sp³-hybridized carbons (Fsp3) is 0.111. The Balaban J connectivity index is 1.96. The van der Waals surface area contributed by atoms with Crippen LogP contribution in [0.25, 0.3) is 11.3 Å². The molecule has 6 heteroatoms. The van der Waals surface area contributed by atoms with E-state index in [0.29, 0.717) is 23.1 Å². The molecule has 3 aromatic rings. The molecule has 1 heterocycles. The molecule has 24 heavy (non-hydrogen) atoms. The lowest BCUT2D eigenvalue weighted by Gasteiger charge is -2.08. The minimum Gasteiger partial charge on any atom is -0.497 e. The molecule has 6 nitrogen and oxygen atoms in total. The third-order valence-electron chi connectivity index (χ3n) is 3.53. The third kappa shape index (κ3) is 3.22. The average molecular weight is 322 g/mol. The van der Waals surface area contributed by atoms with Crippen molar-refractivity contribution in [3.05, 3.63) is 60.3 Å². The van der Waals surface area contributed by atoms with Gasteiger partial charge in [-0.15, -0.1) is 0 Å². The molecule has 0 unspecified atom stereocenters. The van der Waals surface area contributed by atoms with E-state index in [1.807, 2.05) is 48.5 Å². The topological polar surface area (TPSA) is 74.7 Å². The van der Waals surface area contributed by atoms with Crippen LogP contribution < -0.4 is 15.2 Å². The Morgan fingerprint density at radius 1 is 1.08 bits per heavy atom. The van der Waals surface area contributed by atoms with Crippen LogP contribution in [0, 0.1) is 0 Å². The van der Waals surface area contributed by atoms with Crippen LogP contribution >= 0.6 is 0 Å². The van der Waals surface area contributed by atoms with Gasteiger partial charge in [0.1, 0.15) is 11.5 Å². The van der Waals surface area contributed by atoms with Gasteiger partial charge in [-0.25, -0.2) is 9.66 Å². The highest BCUT2D eigenvalue weighted by molar-refractivity contribution is 5.79. The van der Waals surface area contributed by atoms with Gasteiger partial charge in [0.25, 0.3) is 0 Å². The maximum atomic E-state index is 5.97. The molecule has 2 aromatic carbocycles. The van der Waals surface area contributed by atoms with Crippen LogP contribution in [0.2, 0.25) is 0 Å². The van der Waals surface area contributed by atoms with Crippen molar-refractivity contribution in [2.24, 2.45) is 5.10 Å². The molecule has 0 saturated carbocycles. The van der Waals surface area contributed by atoms with Crippen LogP contribution in [0.1, 0.15) is 5.56 Å². The SMILES string of the molecule is COc1ccc(OC)c(-c2cn(/N=C/c3ccccc3)c(N)n2)c1.